The molecule has 0 saturated carbocycles. The first-order chi connectivity index (χ1) is 5.06. The summed E-state index contributed by atoms with van der Waals surface area (Å²) in [5.41, 5.74) is 0. The van der Waals surface area contributed by atoms with E-state index < -0.39 is 8.56 Å². The first kappa shape index (κ1) is 11.1. The Bertz CT molecular complexity index is 92.9. The molecule has 0 atom stereocenters. The van der Waals surface area contributed by atoms with Gasteiger partial charge in [-0.2, -0.15) is 0 Å². The summed E-state index contributed by atoms with van der Waals surface area (Å²) in [5.74, 6) is 0. The number of nitrogens with one attached hydrogen (secondary N) is 1. The zero-order valence-corrected chi connectivity index (χ0v) is 8.43. The second-order valence-corrected chi connectivity index (χ2v) is 6.00. The Morgan fingerprint density at radius 3 is 2.36 bits per heavy atom. The maximum Gasteiger partial charge on any atom is 0.330 e. The third-order valence-electron chi connectivity index (χ3n) is 1.48. The fourth-order valence-corrected chi connectivity index (χ4v) is 1.40. The predicted octanol–water partition coefficient (Wildman–Crippen LogP) is 0.433. The molecule has 3 N–H and O–H groups in total. The zero-order valence-electron chi connectivity index (χ0n) is 7.43. The SMILES string of the molecule is CCCCNCC[Si](C)(O)O. The molecular formula is C7H19NO2Si. The van der Waals surface area contributed by atoms with Gasteiger partial charge < -0.3 is 14.9 Å². The molecule has 0 radical (unpaired) electrons. The maximum atomic E-state index is 9.03. The van der Waals surface area contributed by atoms with Crippen LogP contribution in [0.5, 0.6) is 0 Å². The van der Waals surface area contributed by atoms with Crippen LogP contribution in [0.25, 0.3) is 0 Å². The van der Waals surface area contributed by atoms with Crippen molar-refractivity contribution in [3.05, 3.63) is 0 Å². The minimum absolute atomic E-state index is 0.525. The lowest BCUT2D eigenvalue weighted by molar-refractivity contribution is 0.367. The van der Waals surface area contributed by atoms with Gasteiger partial charge in [-0.25, -0.2) is 0 Å². The lowest BCUT2D eigenvalue weighted by Crippen LogP contribution is -2.34. The molecule has 0 heterocycles. The smallest absolute Gasteiger partial charge is 0.330 e. The van der Waals surface area contributed by atoms with Gasteiger partial charge in [0.1, 0.15) is 0 Å². The van der Waals surface area contributed by atoms with Crippen LogP contribution in [0.2, 0.25) is 12.6 Å². The molecule has 0 aromatic carbocycles. The fraction of sp³-hybridized carbons (Fsp3) is 1.00. The summed E-state index contributed by atoms with van der Waals surface area (Å²) in [6.45, 7) is 5.39. The van der Waals surface area contributed by atoms with Crippen LogP contribution in [0.3, 0.4) is 0 Å². The molecule has 0 aliphatic heterocycles. The van der Waals surface area contributed by atoms with Crippen LogP contribution in [-0.4, -0.2) is 31.2 Å². The normalized spacial score (nSPS) is 12.0. The van der Waals surface area contributed by atoms with Gasteiger partial charge in [0.15, 0.2) is 0 Å². The van der Waals surface area contributed by atoms with Crippen LogP contribution in [0.4, 0.5) is 0 Å². The predicted molar refractivity (Wildman–Crippen MR) is 48.6 cm³/mol. The summed E-state index contributed by atoms with van der Waals surface area (Å²) in [4.78, 5) is 18.1. The molecule has 3 nitrogen and oxygen atoms in total. The van der Waals surface area contributed by atoms with E-state index in [9.17, 15) is 0 Å². The van der Waals surface area contributed by atoms with Crippen molar-refractivity contribution in [2.24, 2.45) is 0 Å². The average molecular weight is 177 g/mol. The van der Waals surface area contributed by atoms with Crippen LogP contribution in [0.1, 0.15) is 19.8 Å². The van der Waals surface area contributed by atoms with E-state index >= 15 is 0 Å². The molecular weight excluding hydrogens is 158 g/mol. The number of unbranched alkanes of at least 4 members (excludes halogenated alkanes) is 1. The Morgan fingerprint density at radius 1 is 1.27 bits per heavy atom. The molecule has 68 valence electrons. The molecule has 0 aliphatic rings. The van der Waals surface area contributed by atoms with Gasteiger partial charge in [0.2, 0.25) is 0 Å². The standard InChI is InChI=1S/C7H19NO2Si/c1-3-4-5-8-6-7-11(2,9)10/h8-10H,3-7H2,1-2H3. The first-order valence-electron chi connectivity index (χ1n) is 4.21. The fourth-order valence-electron chi connectivity index (χ4n) is 0.752. The summed E-state index contributed by atoms with van der Waals surface area (Å²) in [5, 5.41) is 3.16. The van der Waals surface area contributed by atoms with E-state index in [1.807, 2.05) is 0 Å². The van der Waals surface area contributed by atoms with Gasteiger partial charge in [0.25, 0.3) is 0 Å². The van der Waals surface area contributed by atoms with Gasteiger partial charge in [0, 0.05) is 6.04 Å². The van der Waals surface area contributed by atoms with Crippen molar-refractivity contribution < 1.29 is 9.59 Å². The minimum Gasteiger partial charge on any atom is -0.411 e. The summed E-state index contributed by atoms with van der Waals surface area (Å²) in [6.07, 6.45) is 2.34. The van der Waals surface area contributed by atoms with Crippen molar-refractivity contribution in [2.75, 3.05) is 13.1 Å². The van der Waals surface area contributed by atoms with Gasteiger partial charge in [-0.05, 0) is 26.1 Å². The minimum atomic E-state index is -2.78. The Hall–Kier alpha value is 0.0969. The van der Waals surface area contributed by atoms with Crippen molar-refractivity contribution in [2.45, 2.75) is 32.4 Å². The average Bonchev–Trinajstić information content (AvgIpc) is 1.85. The number of hydrogen-bond acceptors (Lipinski definition) is 3. The van der Waals surface area contributed by atoms with Crippen LogP contribution in [0.15, 0.2) is 0 Å². The second-order valence-electron chi connectivity index (χ2n) is 3.07. The van der Waals surface area contributed by atoms with Crippen molar-refractivity contribution in [3.63, 3.8) is 0 Å². The molecule has 0 aromatic rings. The molecule has 11 heavy (non-hydrogen) atoms. The highest BCUT2D eigenvalue weighted by Gasteiger charge is 2.19. The summed E-state index contributed by atoms with van der Waals surface area (Å²) in [6, 6.07) is 0.525. The molecule has 0 saturated heterocycles. The van der Waals surface area contributed by atoms with Crippen molar-refractivity contribution in [1.29, 1.82) is 0 Å². The van der Waals surface area contributed by atoms with E-state index in [0.717, 1.165) is 19.5 Å². The topological polar surface area (TPSA) is 52.5 Å². The van der Waals surface area contributed by atoms with Gasteiger partial charge in [0.05, 0.1) is 0 Å². The first-order valence-corrected chi connectivity index (χ1v) is 6.82. The van der Waals surface area contributed by atoms with Crippen LogP contribution < -0.4 is 5.32 Å². The molecule has 4 heteroatoms. The largest absolute Gasteiger partial charge is 0.411 e. The van der Waals surface area contributed by atoms with Crippen molar-refractivity contribution in [1.82, 2.24) is 5.32 Å². The van der Waals surface area contributed by atoms with E-state index in [1.54, 1.807) is 0 Å². The van der Waals surface area contributed by atoms with Crippen LogP contribution in [0, 0.1) is 0 Å². The molecule has 0 aliphatic carbocycles. The molecule has 0 spiro atoms. The summed E-state index contributed by atoms with van der Waals surface area (Å²) in [7, 11) is -2.78. The van der Waals surface area contributed by atoms with E-state index in [1.165, 1.54) is 13.0 Å². The molecule has 0 bridgehead atoms. The highest BCUT2D eigenvalue weighted by Crippen LogP contribution is 1.97. The lowest BCUT2D eigenvalue weighted by Gasteiger charge is -2.11. The van der Waals surface area contributed by atoms with Gasteiger partial charge >= 0.3 is 8.56 Å². The Labute approximate surface area is 69.7 Å². The van der Waals surface area contributed by atoms with E-state index in [2.05, 4.69) is 12.2 Å². The van der Waals surface area contributed by atoms with Crippen LogP contribution >= 0.6 is 0 Å². The molecule has 0 unspecified atom stereocenters. The van der Waals surface area contributed by atoms with Crippen molar-refractivity contribution >= 4 is 8.56 Å². The van der Waals surface area contributed by atoms with E-state index in [4.69, 9.17) is 9.59 Å². The highest BCUT2D eigenvalue weighted by atomic mass is 28.4. The molecule has 0 rings (SSSR count). The van der Waals surface area contributed by atoms with E-state index in [0.29, 0.717) is 6.04 Å². The molecule has 0 aromatic heterocycles. The molecule has 0 amide bonds. The maximum absolute atomic E-state index is 9.03. The number of hydrogen-bond donors (Lipinski definition) is 3. The highest BCUT2D eigenvalue weighted by molar-refractivity contribution is 6.63. The third kappa shape index (κ3) is 10.1. The Kier molecular flexibility index (Phi) is 5.76. The van der Waals surface area contributed by atoms with E-state index in [-0.39, 0.29) is 0 Å². The summed E-state index contributed by atoms with van der Waals surface area (Å²) >= 11 is 0. The van der Waals surface area contributed by atoms with Crippen molar-refractivity contribution in [3.8, 4) is 0 Å². The van der Waals surface area contributed by atoms with Gasteiger partial charge in [-0.15, -0.1) is 0 Å². The summed E-state index contributed by atoms with van der Waals surface area (Å²) < 4.78 is 0. The Morgan fingerprint density at radius 2 is 1.91 bits per heavy atom. The monoisotopic (exact) mass is 177 g/mol. The molecule has 0 fully saturated rings. The zero-order chi connectivity index (χ0) is 8.74. The second kappa shape index (κ2) is 5.71. The van der Waals surface area contributed by atoms with Crippen LogP contribution in [-0.2, 0) is 0 Å². The van der Waals surface area contributed by atoms with Gasteiger partial charge in [-0.1, -0.05) is 13.3 Å². The third-order valence-corrected chi connectivity index (χ3v) is 2.68. The quantitative estimate of drug-likeness (QED) is 0.407. The number of rotatable bonds is 6. The lowest BCUT2D eigenvalue weighted by atomic mass is 10.3. The van der Waals surface area contributed by atoms with Gasteiger partial charge in [-0.3, -0.25) is 0 Å². The Balaban J connectivity index is 3.02.